The van der Waals surface area contributed by atoms with Gasteiger partial charge in [-0.25, -0.2) is 8.42 Å². The van der Waals surface area contributed by atoms with Gasteiger partial charge in [-0.1, -0.05) is 61.0 Å². The maximum absolute atomic E-state index is 12.5. The molecule has 0 saturated carbocycles. The lowest BCUT2D eigenvalue weighted by molar-refractivity contribution is 0.139. The predicted octanol–water partition coefficient (Wildman–Crippen LogP) is 3.50. The number of aliphatic hydroxyl groups excluding tert-OH is 1. The van der Waals surface area contributed by atoms with Gasteiger partial charge in [-0.3, -0.25) is 4.31 Å². The Morgan fingerprint density at radius 2 is 1.62 bits per heavy atom. The number of benzene rings is 2. The van der Waals surface area contributed by atoms with Gasteiger partial charge in [0.05, 0.1) is 11.0 Å². The SMILES string of the molecule is Cc1ccc(S(=O)(=O)N(C)/C=C\[C@@H](C)[C@@H](O)c2ccccc2)cc1. The van der Waals surface area contributed by atoms with Gasteiger partial charge < -0.3 is 5.11 Å². The van der Waals surface area contributed by atoms with Crippen molar-refractivity contribution in [3.63, 3.8) is 0 Å². The first kappa shape index (κ1) is 18.2. The Morgan fingerprint density at radius 3 is 2.21 bits per heavy atom. The zero-order chi connectivity index (χ0) is 17.7. The van der Waals surface area contributed by atoms with Crippen LogP contribution in [0.25, 0.3) is 0 Å². The number of aryl methyl sites for hydroxylation is 1. The van der Waals surface area contributed by atoms with Crippen LogP contribution in [0.15, 0.2) is 71.8 Å². The van der Waals surface area contributed by atoms with Gasteiger partial charge in [-0.15, -0.1) is 0 Å². The van der Waals surface area contributed by atoms with Gasteiger partial charge in [0.25, 0.3) is 10.0 Å². The van der Waals surface area contributed by atoms with Gasteiger partial charge in [0.1, 0.15) is 0 Å². The van der Waals surface area contributed by atoms with Crippen LogP contribution in [-0.2, 0) is 10.0 Å². The third kappa shape index (κ3) is 4.24. The first-order valence-corrected chi connectivity index (χ1v) is 9.22. The molecule has 2 aromatic rings. The molecule has 0 aliphatic heterocycles. The number of sulfonamides is 1. The van der Waals surface area contributed by atoms with Crippen molar-refractivity contribution in [3.05, 3.63) is 78.0 Å². The van der Waals surface area contributed by atoms with Crippen molar-refractivity contribution >= 4 is 10.0 Å². The van der Waals surface area contributed by atoms with E-state index in [2.05, 4.69) is 0 Å². The average Bonchev–Trinajstić information content (AvgIpc) is 2.59. The Morgan fingerprint density at radius 1 is 1.04 bits per heavy atom. The Kier molecular flexibility index (Phi) is 5.80. The fourth-order valence-corrected chi connectivity index (χ4v) is 3.32. The van der Waals surface area contributed by atoms with Crippen LogP contribution in [0.1, 0.15) is 24.2 Å². The summed E-state index contributed by atoms with van der Waals surface area (Å²) in [4.78, 5) is 0.247. The van der Waals surface area contributed by atoms with E-state index >= 15 is 0 Å². The summed E-state index contributed by atoms with van der Waals surface area (Å²) in [5.74, 6) is -0.219. The molecule has 2 atom stereocenters. The molecular formula is C19H23NO3S. The predicted molar refractivity (Wildman–Crippen MR) is 95.8 cm³/mol. The zero-order valence-corrected chi connectivity index (χ0v) is 14.9. The van der Waals surface area contributed by atoms with Gasteiger partial charge in [-0.2, -0.15) is 0 Å². The van der Waals surface area contributed by atoms with E-state index < -0.39 is 16.1 Å². The van der Waals surface area contributed by atoms with E-state index in [1.54, 1.807) is 30.3 Å². The van der Waals surface area contributed by atoms with E-state index in [1.807, 2.05) is 44.2 Å². The van der Waals surface area contributed by atoms with Crippen molar-refractivity contribution in [1.82, 2.24) is 4.31 Å². The number of rotatable bonds is 6. The molecule has 0 aliphatic rings. The summed E-state index contributed by atoms with van der Waals surface area (Å²) in [7, 11) is -2.08. The number of aliphatic hydroxyl groups is 1. The summed E-state index contributed by atoms with van der Waals surface area (Å²) in [5.41, 5.74) is 1.81. The lowest BCUT2D eigenvalue weighted by atomic mass is 9.97. The summed E-state index contributed by atoms with van der Waals surface area (Å²) in [5, 5.41) is 10.3. The fraction of sp³-hybridized carbons (Fsp3) is 0.263. The minimum Gasteiger partial charge on any atom is -0.388 e. The Labute approximate surface area is 144 Å². The standard InChI is InChI=1S/C19H23NO3S/c1-15-9-11-18(12-10-15)24(22,23)20(3)14-13-16(2)19(21)17-7-5-4-6-8-17/h4-14,16,19,21H,1-3H3/b14-13-/t16-,19-/m1/s1. The number of hydrogen-bond donors (Lipinski definition) is 1. The van der Waals surface area contributed by atoms with Crippen LogP contribution in [0, 0.1) is 12.8 Å². The molecule has 0 fully saturated rings. The second kappa shape index (κ2) is 7.64. The molecule has 0 amide bonds. The van der Waals surface area contributed by atoms with E-state index in [4.69, 9.17) is 0 Å². The topological polar surface area (TPSA) is 57.6 Å². The van der Waals surface area contributed by atoms with Crippen molar-refractivity contribution in [2.24, 2.45) is 5.92 Å². The Bertz CT molecular complexity index is 783. The molecule has 0 unspecified atom stereocenters. The molecule has 4 nitrogen and oxygen atoms in total. The summed E-state index contributed by atoms with van der Waals surface area (Å²) in [6.45, 7) is 3.76. The summed E-state index contributed by atoms with van der Waals surface area (Å²) in [6.07, 6.45) is 2.51. The molecule has 0 heterocycles. The monoisotopic (exact) mass is 345 g/mol. The number of nitrogens with zero attached hydrogens (tertiary/aromatic N) is 1. The maximum atomic E-state index is 12.5. The highest BCUT2D eigenvalue weighted by molar-refractivity contribution is 7.89. The van der Waals surface area contributed by atoms with Crippen molar-refractivity contribution in [2.45, 2.75) is 24.8 Å². The molecule has 2 rings (SSSR count). The van der Waals surface area contributed by atoms with Crippen LogP contribution in [0.4, 0.5) is 0 Å². The largest absolute Gasteiger partial charge is 0.388 e. The fourth-order valence-electron chi connectivity index (χ4n) is 2.27. The molecule has 0 bridgehead atoms. The van der Waals surface area contributed by atoms with E-state index in [1.165, 1.54) is 17.6 Å². The van der Waals surface area contributed by atoms with E-state index in [-0.39, 0.29) is 10.8 Å². The molecule has 0 radical (unpaired) electrons. The van der Waals surface area contributed by atoms with Gasteiger partial charge in [0.15, 0.2) is 0 Å². The van der Waals surface area contributed by atoms with Crippen LogP contribution >= 0.6 is 0 Å². The normalized spacial score (nSPS) is 14.5. The molecule has 1 N–H and O–H groups in total. The first-order chi connectivity index (χ1) is 11.3. The average molecular weight is 345 g/mol. The van der Waals surface area contributed by atoms with E-state index in [0.717, 1.165) is 11.1 Å². The molecule has 0 aliphatic carbocycles. The summed E-state index contributed by atoms with van der Waals surface area (Å²) in [6, 6.07) is 16.0. The lowest BCUT2D eigenvalue weighted by Crippen LogP contribution is -2.22. The minimum absolute atomic E-state index is 0.219. The third-order valence-electron chi connectivity index (χ3n) is 3.94. The molecular weight excluding hydrogens is 322 g/mol. The van der Waals surface area contributed by atoms with Crippen LogP contribution in [0.3, 0.4) is 0 Å². The third-order valence-corrected chi connectivity index (χ3v) is 5.68. The Hall–Kier alpha value is -2.11. The van der Waals surface area contributed by atoms with E-state index in [0.29, 0.717) is 0 Å². The lowest BCUT2D eigenvalue weighted by Gasteiger charge is -2.19. The van der Waals surface area contributed by atoms with E-state index in [9.17, 15) is 13.5 Å². The molecule has 0 aromatic heterocycles. The first-order valence-electron chi connectivity index (χ1n) is 7.78. The molecule has 5 heteroatoms. The minimum atomic E-state index is -3.58. The second-order valence-corrected chi connectivity index (χ2v) is 7.89. The molecule has 24 heavy (non-hydrogen) atoms. The highest BCUT2D eigenvalue weighted by Crippen LogP contribution is 2.23. The van der Waals surface area contributed by atoms with Crippen molar-refractivity contribution in [1.29, 1.82) is 0 Å². The molecule has 0 spiro atoms. The van der Waals surface area contributed by atoms with Gasteiger partial charge in [-0.05, 0) is 24.6 Å². The van der Waals surface area contributed by atoms with Gasteiger partial charge in [0, 0.05) is 19.2 Å². The molecule has 2 aromatic carbocycles. The summed E-state index contributed by atoms with van der Waals surface area (Å²) < 4.78 is 26.2. The zero-order valence-electron chi connectivity index (χ0n) is 14.1. The van der Waals surface area contributed by atoms with Crippen LogP contribution in [0.5, 0.6) is 0 Å². The quantitative estimate of drug-likeness (QED) is 0.872. The maximum Gasteiger partial charge on any atom is 0.263 e. The van der Waals surface area contributed by atoms with Crippen molar-refractivity contribution in [3.8, 4) is 0 Å². The smallest absolute Gasteiger partial charge is 0.263 e. The molecule has 0 saturated heterocycles. The van der Waals surface area contributed by atoms with Crippen LogP contribution in [0.2, 0.25) is 0 Å². The Balaban J connectivity index is 2.11. The van der Waals surface area contributed by atoms with Crippen molar-refractivity contribution < 1.29 is 13.5 Å². The van der Waals surface area contributed by atoms with Crippen LogP contribution in [-0.4, -0.2) is 24.9 Å². The van der Waals surface area contributed by atoms with Gasteiger partial charge >= 0.3 is 0 Å². The number of hydrogen-bond acceptors (Lipinski definition) is 3. The highest BCUT2D eigenvalue weighted by Gasteiger charge is 2.19. The molecule has 128 valence electrons. The summed E-state index contributed by atoms with van der Waals surface area (Å²) >= 11 is 0. The van der Waals surface area contributed by atoms with Crippen molar-refractivity contribution in [2.75, 3.05) is 7.05 Å². The highest BCUT2D eigenvalue weighted by atomic mass is 32.2. The van der Waals surface area contributed by atoms with Gasteiger partial charge in [0.2, 0.25) is 0 Å². The second-order valence-electron chi connectivity index (χ2n) is 5.89. The van der Waals surface area contributed by atoms with Crippen LogP contribution < -0.4 is 0 Å².